The van der Waals surface area contributed by atoms with Crippen LogP contribution in [0.15, 0.2) is 67.8 Å². The second kappa shape index (κ2) is 6.76. The van der Waals surface area contributed by atoms with Crippen molar-refractivity contribution in [2.75, 3.05) is 14.1 Å². The van der Waals surface area contributed by atoms with Crippen LogP contribution in [0.4, 0.5) is 0 Å². The minimum Gasteiger partial charge on any atom is -0.345 e. The largest absolute Gasteiger partial charge is 0.345 e. The van der Waals surface area contributed by atoms with Gasteiger partial charge in [0.25, 0.3) is 0 Å². The van der Waals surface area contributed by atoms with Crippen molar-refractivity contribution in [2.45, 2.75) is 0 Å². The van der Waals surface area contributed by atoms with Crippen molar-refractivity contribution in [3.63, 3.8) is 0 Å². The second-order valence-electron chi connectivity index (χ2n) is 5.02. The van der Waals surface area contributed by atoms with Gasteiger partial charge in [0.05, 0.1) is 11.0 Å². The van der Waals surface area contributed by atoms with E-state index in [4.69, 9.17) is 0 Å². The molecule has 0 N–H and O–H groups in total. The third-order valence-corrected chi connectivity index (χ3v) is 3.42. The molecule has 3 nitrogen and oxygen atoms in total. The minimum atomic E-state index is -0.0556. The summed E-state index contributed by atoms with van der Waals surface area (Å²) in [5.74, 6) is -0.0556. The first-order chi connectivity index (χ1) is 10.6. The highest BCUT2D eigenvalue weighted by Crippen LogP contribution is 2.28. The van der Waals surface area contributed by atoms with Crippen LogP contribution < -0.4 is 0 Å². The van der Waals surface area contributed by atoms with Crippen molar-refractivity contribution in [3.05, 3.63) is 67.8 Å². The smallest absolute Gasteiger partial charge is 0.245 e. The Bertz CT molecular complexity index is 774. The molecule has 3 heteroatoms. The Morgan fingerprint density at radius 2 is 1.41 bits per heavy atom. The monoisotopic (exact) mass is 292 g/mol. The molecular weight excluding hydrogens is 272 g/mol. The van der Waals surface area contributed by atoms with E-state index in [0.717, 1.165) is 0 Å². The van der Waals surface area contributed by atoms with E-state index in [1.807, 2.05) is 6.20 Å². The summed E-state index contributed by atoms with van der Waals surface area (Å²) in [4.78, 5) is 11.8. The number of rotatable bonds is 2. The van der Waals surface area contributed by atoms with Gasteiger partial charge < -0.3 is 9.47 Å². The molecule has 112 valence electrons. The van der Waals surface area contributed by atoms with Gasteiger partial charge in [0.15, 0.2) is 0 Å². The third-order valence-electron chi connectivity index (χ3n) is 3.42. The van der Waals surface area contributed by atoms with Crippen molar-refractivity contribution in [1.29, 1.82) is 0 Å². The summed E-state index contributed by atoms with van der Waals surface area (Å²) in [7, 11) is 3.37. The van der Waals surface area contributed by atoms with Crippen molar-refractivity contribution in [2.24, 2.45) is 0 Å². The van der Waals surface area contributed by atoms with Crippen LogP contribution in [0, 0.1) is 0 Å². The quantitative estimate of drug-likeness (QED) is 0.651. The Morgan fingerprint density at radius 3 is 1.73 bits per heavy atom. The van der Waals surface area contributed by atoms with E-state index < -0.39 is 0 Å². The number of carbonyl (C=O) groups excluding carboxylic acids is 1. The van der Waals surface area contributed by atoms with Gasteiger partial charge in [-0.3, -0.25) is 4.79 Å². The molecule has 0 spiro atoms. The molecule has 1 heterocycles. The van der Waals surface area contributed by atoms with E-state index in [2.05, 4.69) is 66.3 Å². The standard InChI is InChI=1S/C14H11N.C5H9NO/c1-2-15-13-9-5-3-7-11(13)12-8-4-6-10-14(12)15;1-4-5(7)6(2)3/h2-10H,1H2;4H,1H2,2-3H3. The normalized spacial score (nSPS) is 9.91. The first kappa shape index (κ1) is 15.6. The molecule has 0 aliphatic rings. The van der Waals surface area contributed by atoms with Gasteiger partial charge >= 0.3 is 0 Å². The van der Waals surface area contributed by atoms with Crippen molar-refractivity contribution in [1.82, 2.24) is 9.47 Å². The first-order valence-electron chi connectivity index (χ1n) is 7.04. The Balaban J connectivity index is 0.000000217. The van der Waals surface area contributed by atoms with E-state index in [0.29, 0.717) is 0 Å². The van der Waals surface area contributed by atoms with Gasteiger partial charge in [0.2, 0.25) is 5.91 Å². The number of fused-ring (bicyclic) bond motifs is 3. The average molecular weight is 292 g/mol. The van der Waals surface area contributed by atoms with Crippen LogP contribution in [0.25, 0.3) is 28.0 Å². The Labute approximate surface area is 130 Å². The molecule has 0 aliphatic carbocycles. The topological polar surface area (TPSA) is 25.2 Å². The number of likely N-dealkylation sites (N-methyl/N-ethyl adjacent to an activating group) is 1. The van der Waals surface area contributed by atoms with E-state index in [9.17, 15) is 4.79 Å². The van der Waals surface area contributed by atoms with Crippen molar-refractivity contribution in [3.8, 4) is 0 Å². The SMILES string of the molecule is C=CC(=O)N(C)C.C=Cn1c2ccccc2c2ccccc21. The fourth-order valence-electron chi connectivity index (χ4n) is 2.33. The van der Waals surface area contributed by atoms with Crippen LogP contribution >= 0.6 is 0 Å². The summed E-state index contributed by atoms with van der Waals surface area (Å²) in [5.41, 5.74) is 2.43. The number of para-hydroxylation sites is 2. The van der Waals surface area contributed by atoms with Gasteiger partial charge in [-0.15, -0.1) is 0 Å². The number of nitrogens with zero attached hydrogens (tertiary/aromatic N) is 2. The highest BCUT2D eigenvalue weighted by Gasteiger charge is 2.06. The number of carbonyl (C=O) groups is 1. The lowest BCUT2D eigenvalue weighted by molar-refractivity contribution is -0.123. The molecule has 0 radical (unpaired) electrons. The van der Waals surface area contributed by atoms with Gasteiger partial charge in [-0.25, -0.2) is 0 Å². The summed E-state index contributed by atoms with van der Waals surface area (Å²) in [6, 6.07) is 16.8. The van der Waals surface area contributed by atoms with Crippen LogP contribution in [-0.2, 0) is 4.79 Å². The van der Waals surface area contributed by atoms with Gasteiger partial charge in [-0.2, -0.15) is 0 Å². The number of aromatic nitrogens is 1. The number of hydrogen-bond donors (Lipinski definition) is 0. The summed E-state index contributed by atoms with van der Waals surface area (Å²) in [5, 5.41) is 2.57. The van der Waals surface area contributed by atoms with E-state index in [1.165, 1.54) is 32.8 Å². The van der Waals surface area contributed by atoms with E-state index >= 15 is 0 Å². The Hall–Kier alpha value is -2.81. The van der Waals surface area contributed by atoms with Crippen molar-refractivity contribution >= 4 is 33.9 Å². The van der Waals surface area contributed by atoms with Crippen LogP contribution in [0.1, 0.15) is 0 Å². The fraction of sp³-hybridized carbons (Fsp3) is 0.105. The van der Waals surface area contributed by atoms with Crippen LogP contribution in [0.2, 0.25) is 0 Å². The number of hydrogen-bond acceptors (Lipinski definition) is 1. The lowest BCUT2D eigenvalue weighted by Gasteiger charge is -2.03. The maximum absolute atomic E-state index is 10.3. The lowest BCUT2D eigenvalue weighted by Crippen LogP contribution is -2.18. The fourth-order valence-corrected chi connectivity index (χ4v) is 2.33. The molecule has 2 aromatic carbocycles. The lowest BCUT2D eigenvalue weighted by atomic mass is 10.2. The second-order valence-corrected chi connectivity index (χ2v) is 5.02. The highest BCUT2D eigenvalue weighted by atomic mass is 16.2. The molecule has 0 saturated carbocycles. The first-order valence-corrected chi connectivity index (χ1v) is 7.04. The molecule has 3 aromatic rings. The summed E-state index contributed by atoms with van der Waals surface area (Å²) < 4.78 is 2.13. The predicted octanol–water partition coefficient (Wildman–Crippen LogP) is 4.16. The highest BCUT2D eigenvalue weighted by molar-refractivity contribution is 6.09. The van der Waals surface area contributed by atoms with Gasteiger partial charge in [-0.1, -0.05) is 49.6 Å². The van der Waals surface area contributed by atoms with Gasteiger partial charge in [0, 0.05) is 31.1 Å². The molecule has 1 aromatic heterocycles. The van der Waals surface area contributed by atoms with Gasteiger partial charge in [-0.05, 0) is 18.2 Å². The number of amides is 1. The van der Waals surface area contributed by atoms with Crippen LogP contribution in [0.3, 0.4) is 0 Å². The zero-order valence-electron chi connectivity index (χ0n) is 13.0. The third kappa shape index (κ3) is 2.93. The zero-order chi connectivity index (χ0) is 16.1. The molecule has 22 heavy (non-hydrogen) atoms. The zero-order valence-corrected chi connectivity index (χ0v) is 13.0. The molecule has 0 atom stereocenters. The molecule has 0 aliphatic heterocycles. The molecule has 0 fully saturated rings. The summed E-state index contributed by atoms with van der Waals surface area (Å²) >= 11 is 0. The van der Waals surface area contributed by atoms with Crippen LogP contribution in [-0.4, -0.2) is 29.5 Å². The maximum atomic E-state index is 10.3. The Kier molecular flexibility index (Phi) is 4.79. The van der Waals surface area contributed by atoms with Crippen molar-refractivity contribution < 1.29 is 4.79 Å². The van der Waals surface area contributed by atoms with Gasteiger partial charge in [0.1, 0.15) is 0 Å². The number of benzene rings is 2. The molecule has 0 unspecified atom stereocenters. The Morgan fingerprint density at radius 1 is 0.955 bits per heavy atom. The van der Waals surface area contributed by atoms with E-state index in [1.54, 1.807) is 14.1 Å². The summed E-state index contributed by atoms with van der Waals surface area (Å²) in [6.45, 7) is 7.16. The van der Waals surface area contributed by atoms with E-state index in [-0.39, 0.29) is 5.91 Å². The predicted molar refractivity (Wildman–Crippen MR) is 94.7 cm³/mol. The molecular formula is C19H20N2O. The molecule has 3 rings (SSSR count). The molecule has 0 saturated heterocycles. The minimum absolute atomic E-state index is 0.0556. The van der Waals surface area contributed by atoms with Crippen LogP contribution in [0.5, 0.6) is 0 Å². The average Bonchev–Trinajstić information content (AvgIpc) is 2.88. The molecule has 1 amide bonds. The maximum Gasteiger partial charge on any atom is 0.245 e. The summed E-state index contributed by atoms with van der Waals surface area (Å²) in [6.07, 6.45) is 3.14. The molecule has 0 bridgehead atoms.